The van der Waals surface area contributed by atoms with Crippen molar-refractivity contribution in [2.24, 2.45) is 0 Å². The predicted octanol–water partition coefficient (Wildman–Crippen LogP) is 4.91. The average Bonchev–Trinajstić information content (AvgIpc) is 3.28. The molecule has 0 radical (unpaired) electrons. The minimum atomic E-state index is -3.53. The van der Waals surface area contributed by atoms with Crippen molar-refractivity contribution in [1.29, 1.82) is 0 Å². The van der Waals surface area contributed by atoms with E-state index < -0.39 is 22.2 Å². The van der Waals surface area contributed by atoms with Crippen molar-refractivity contribution in [3.05, 3.63) is 53.1 Å². The maximum Gasteiger partial charge on any atom is 0.407 e. The highest BCUT2D eigenvalue weighted by Crippen LogP contribution is 2.43. The van der Waals surface area contributed by atoms with E-state index in [4.69, 9.17) is 16.6 Å². The first-order valence-corrected chi connectivity index (χ1v) is 14.2. The summed E-state index contributed by atoms with van der Waals surface area (Å²) in [6.45, 7) is 10.2. The molecular weight excluding hydrogens is 536 g/mol. The molecule has 198 valence electrons. The third-order valence-corrected chi connectivity index (χ3v) is 7.46. The smallest absolute Gasteiger partial charge is 0.407 e. The summed E-state index contributed by atoms with van der Waals surface area (Å²) in [5.74, 6) is 0.339. The number of ether oxygens (including phenoxy) is 1. The lowest BCUT2D eigenvalue weighted by molar-refractivity contribution is 0.169. The predicted molar refractivity (Wildman–Crippen MR) is 149 cm³/mol. The number of thiazole rings is 1. The molecule has 10 nitrogen and oxygen atoms in total. The summed E-state index contributed by atoms with van der Waals surface area (Å²) in [5, 5.41) is 6.83. The summed E-state index contributed by atoms with van der Waals surface area (Å²) in [7, 11) is -2.25. The van der Waals surface area contributed by atoms with Crippen molar-refractivity contribution in [2.75, 3.05) is 29.9 Å². The van der Waals surface area contributed by atoms with Gasteiger partial charge in [0.05, 0.1) is 51.4 Å². The molecule has 3 rings (SSSR count). The molecule has 37 heavy (non-hydrogen) atoms. The lowest BCUT2D eigenvalue weighted by Gasteiger charge is -2.15. The van der Waals surface area contributed by atoms with Crippen LogP contribution in [0.25, 0.3) is 21.8 Å². The molecule has 1 atom stereocenters. The molecular formula is C24H29ClN6O4S2. The number of nitrogens with zero attached hydrogens (tertiary/aromatic N) is 3. The first-order valence-electron chi connectivity index (χ1n) is 11.1. The van der Waals surface area contributed by atoms with Crippen LogP contribution in [0.5, 0.6) is 0 Å². The van der Waals surface area contributed by atoms with Crippen molar-refractivity contribution in [1.82, 2.24) is 20.3 Å². The van der Waals surface area contributed by atoms with Gasteiger partial charge >= 0.3 is 6.09 Å². The van der Waals surface area contributed by atoms with Gasteiger partial charge in [-0.15, -0.1) is 17.9 Å². The molecule has 1 aromatic carbocycles. The molecule has 1 unspecified atom stereocenters. The summed E-state index contributed by atoms with van der Waals surface area (Å²) < 4.78 is 30.7. The maximum atomic E-state index is 11.8. The van der Waals surface area contributed by atoms with Crippen LogP contribution in [0, 0.1) is 0 Å². The van der Waals surface area contributed by atoms with Crippen LogP contribution in [-0.2, 0) is 20.2 Å². The molecule has 3 aromatic rings. The van der Waals surface area contributed by atoms with Gasteiger partial charge in [0.1, 0.15) is 0 Å². The topological polar surface area (TPSA) is 135 Å². The molecule has 0 aliphatic rings. The zero-order valence-corrected chi connectivity index (χ0v) is 23.5. The number of carbonyl (C=O) groups is 1. The Kier molecular flexibility index (Phi) is 8.77. The van der Waals surface area contributed by atoms with Crippen molar-refractivity contribution in [3.63, 3.8) is 0 Å². The second kappa shape index (κ2) is 11.4. The van der Waals surface area contributed by atoms with Crippen LogP contribution >= 0.6 is 22.9 Å². The number of aromatic nitrogens is 3. The molecule has 0 saturated heterocycles. The van der Waals surface area contributed by atoms with Gasteiger partial charge in [0.2, 0.25) is 16.0 Å². The van der Waals surface area contributed by atoms with Crippen LogP contribution in [0.2, 0.25) is 5.02 Å². The monoisotopic (exact) mass is 564 g/mol. The number of hydrogen-bond acceptors (Lipinski definition) is 9. The van der Waals surface area contributed by atoms with Crippen LogP contribution < -0.4 is 15.4 Å². The van der Waals surface area contributed by atoms with Gasteiger partial charge in [-0.3, -0.25) is 4.72 Å². The fourth-order valence-electron chi connectivity index (χ4n) is 3.17. The third kappa shape index (κ3) is 7.40. The molecule has 2 aromatic heterocycles. The number of methoxy groups -OCH3 is 1. The Labute approximate surface area is 225 Å². The van der Waals surface area contributed by atoms with Gasteiger partial charge in [-0.1, -0.05) is 50.6 Å². The number of amides is 1. The minimum Gasteiger partial charge on any atom is -0.453 e. The molecule has 13 heteroatoms. The summed E-state index contributed by atoms with van der Waals surface area (Å²) >= 11 is 8.13. The van der Waals surface area contributed by atoms with Crippen molar-refractivity contribution in [2.45, 2.75) is 32.2 Å². The van der Waals surface area contributed by atoms with Crippen LogP contribution in [0.3, 0.4) is 0 Å². The maximum absolute atomic E-state index is 11.8. The Bertz CT molecular complexity index is 1400. The van der Waals surface area contributed by atoms with E-state index in [1.54, 1.807) is 36.5 Å². The van der Waals surface area contributed by atoms with Crippen LogP contribution in [0.1, 0.15) is 25.8 Å². The molecule has 0 aliphatic heterocycles. The number of nitrogens with one attached hydrogen (secondary N) is 3. The average molecular weight is 565 g/mol. The molecule has 0 aliphatic carbocycles. The lowest BCUT2D eigenvalue weighted by Crippen LogP contribution is -2.38. The van der Waals surface area contributed by atoms with Gasteiger partial charge < -0.3 is 15.4 Å². The Morgan fingerprint density at radius 1 is 1.27 bits per heavy atom. The highest BCUT2D eigenvalue weighted by Gasteiger charge is 2.26. The number of halogens is 1. The second-order valence-corrected chi connectivity index (χ2v) is 12.2. The summed E-state index contributed by atoms with van der Waals surface area (Å²) in [6, 6.07) is 6.45. The highest BCUT2D eigenvalue weighted by atomic mass is 35.5. The van der Waals surface area contributed by atoms with E-state index in [-0.39, 0.29) is 22.7 Å². The number of carbonyl (C=O) groups excluding carboxylic acids is 1. The van der Waals surface area contributed by atoms with Crippen molar-refractivity contribution >= 4 is 50.7 Å². The fourth-order valence-corrected chi connectivity index (χ4v) is 5.16. The van der Waals surface area contributed by atoms with Gasteiger partial charge in [-0.05, 0) is 12.1 Å². The summed E-state index contributed by atoms with van der Waals surface area (Å²) in [4.78, 5) is 26.1. The van der Waals surface area contributed by atoms with E-state index in [0.29, 0.717) is 22.9 Å². The number of sulfonamides is 1. The molecule has 0 spiro atoms. The molecule has 2 heterocycles. The van der Waals surface area contributed by atoms with E-state index in [2.05, 4.69) is 57.4 Å². The largest absolute Gasteiger partial charge is 0.453 e. The summed E-state index contributed by atoms with van der Waals surface area (Å²) in [6.07, 6.45) is 3.68. The van der Waals surface area contributed by atoms with Crippen LogP contribution in [0.15, 0.2) is 43.1 Å². The Morgan fingerprint density at radius 2 is 2.00 bits per heavy atom. The SMILES string of the molecule is C=CC(CNc1nccc(-c2sc(C(C)(C)C)nc2-c2cccc(NS(C)(=O)=O)c2Cl)n1)NC(=O)OC. The zero-order valence-electron chi connectivity index (χ0n) is 21.1. The fraction of sp³-hybridized carbons (Fsp3) is 0.333. The molecule has 3 N–H and O–H groups in total. The highest BCUT2D eigenvalue weighted by molar-refractivity contribution is 7.92. The third-order valence-electron chi connectivity index (χ3n) is 4.96. The van der Waals surface area contributed by atoms with E-state index in [1.807, 2.05) is 0 Å². The summed E-state index contributed by atoms with van der Waals surface area (Å²) in [5.41, 5.74) is 1.76. The first-order chi connectivity index (χ1) is 17.3. The van der Waals surface area contributed by atoms with Crippen LogP contribution in [0.4, 0.5) is 16.4 Å². The van der Waals surface area contributed by atoms with E-state index in [0.717, 1.165) is 16.1 Å². The number of anilines is 2. The van der Waals surface area contributed by atoms with Crippen molar-refractivity contribution in [3.8, 4) is 21.8 Å². The number of rotatable bonds is 9. The Morgan fingerprint density at radius 3 is 2.62 bits per heavy atom. The van der Waals surface area contributed by atoms with E-state index in [9.17, 15) is 13.2 Å². The van der Waals surface area contributed by atoms with Gasteiger partial charge in [0.25, 0.3) is 0 Å². The Balaban J connectivity index is 2.03. The first kappa shape index (κ1) is 28.4. The lowest BCUT2D eigenvalue weighted by atomic mass is 9.98. The quantitative estimate of drug-likeness (QED) is 0.312. The second-order valence-electron chi connectivity index (χ2n) is 9.11. The number of benzene rings is 1. The normalized spacial score (nSPS) is 12.5. The molecule has 0 saturated carbocycles. The molecule has 0 fully saturated rings. The molecule has 1 amide bonds. The van der Waals surface area contributed by atoms with Gasteiger partial charge in [-0.25, -0.2) is 28.2 Å². The number of alkyl carbamates (subject to hydrolysis) is 1. The standard InChI is InChI=1S/C24H29ClN6O4S2/c1-7-14(28-23(32)35-5)13-27-22-26-12-11-17(29-22)20-19(30-21(36-20)24(2,3)4)15-9-8-10-16(18(15)25)31-37(6,33)34/h7-12,14,31H,1,13H2,2-6H3,(H,28,32)(H,26,27,29). The minimum absolute atomic E-state index is 0.232. The Hall–Kier alpha value is -3.22. The van der Waals surface area contributed by atoms with E-state index in [1.165, 1.54) is 18.4 Å². The van der Waals surface area contributed by atoms with E-state index >= 15 is 0 Å². The molecule has 0 bridgehead atoms. The van der Waals surface area contributed by atoms with Crippen molar-refractivity contribution < 1.29 is 17.9 Å². The van der Waals surface area contributed by atoms with Gasteiger partial charge in [0.15, 0.2) is 0 Å². The van der Waals surface area contributed by atoms with Gasteiger partial charge in [-0.2, -0.15) is 0 Å². The zero-order chi connectivity index (χ0) is 27.4. The van der Waals surface area contributed by atoms with Gasteiger partial charge in [0, 0.05) is 23.7 Å². The van der Waals surface area contributed by atoms with Crippen LogP contribution in [-0.4, -0.2) is 55.4 Å². The number of hydrogen-bond donors (Lipinski definition) is 3.